The van der Waals surface area contributed by atoms with Gasteiger partial charge >= 0.3 is 0 Å². The first-order chi connectivity index (χ1) is 13.7. The Balaban J connectivity index is 1.73. The zero-order valence-corrected chi connectivity index (χ0v) is 18.2. The Kier molecular flexibility index (Phi) is 10.4. The number of ether oxygens (including phenoxy) is 1. The van der Waals surface area contributed by atoms with Crippen molar-refractivity contribution in [2.45, 2.75) is 52.4 Å². The molecule has 1 aliphatic carbocycles. The molecule has 0 aromatic carbocycles. The third-order valence-electron chi connectivity index (χ3n) is 5.24. The van der Waals surface area contributed by atoms with Crippen LogP contribution in [-0.4, -0.2) is 51.3 Å². The van der Waals surface area contributed by atoms with Gasteiger partial charge in [0.15, 0.2) is 5.96 Å². The molecule has 1 fully saturated rings. The lowest BCUT2D eigenvalue weighted by molar-refractivity contribution is 0.0957. The second kappa shape index (κ2) is 12.8. The number of carbonyl (C=O) groups is 1. The van der Waals surface area contributed by atoms with E-state index >= 15 is 0 Å². The number of amides is 1. The van der Waals surface area contributed by atoms with Gasteiger partial charge in [-0.15, -0.1) is 11.3 Å². The molecule has 0 radical (unpaired) electrons. The molecule has 158 valence electrons. The molecule has 1 aromatic heterocycles. The number of hydrogen-bond donors (Lipinski definition) is 3. The van der Waals surface area contributed by atoms with Crippen molar-refractivity contribution in [2.24, 2.45) is 10.4 Å². The number of nitrogens with zero attached hydrogens (tertiary/aromatic N) is 1. The lowest BCUT2D eigenvalue weighted by Gasteiger charge is -2.27. The van der Waals surface area contributed by atoms with Crippen LogP contribution in [0.15, 0.2) is 22.5 Å². The van der Waals surface area contributed by atoms with Crippen molar-refractivity contribution < 1.29 is 9.53 Å². The summed E-state index contributed by atoms with van der Waals surface area (Å²) in [5.41, 5.74) is 0.298. The van der Waals surface area contributed by atoms with Crippen LogP contribution in [0.3, 0.4) is 0 Å². The highest BCUT2D eigenvalue weighted by Gasteiger charge is 2.33. The van der Waals surface area contributed by atoms with Crippen LogP contribution >= 0.6 is 11.3 Å². The van der Waals surface area contributed by atoms with Gasteiger partial charge in [-0.1, -0.05) is 18.9 Å². The lowest BCUT2D eigenvalue weighted by atomic mass is 9.83. The molecular formula is C21H36N4O2S. The van der Waals surface area contributed by atoms with Crippen LogP contribution in [0.4, 0.5) is 0 Å². The lowest BCUT2D eigenvalue weighted by Crippen LogP contribution is -2.39. The van der Waals surface area contributed by atoms with Crippen LogP contribution in [0.1, 0.15) is 62.0 Å². The van der Waals surface area contributed by atoms with Gasteiger partial charge in [-0.2, -0.15) is 0 Å². The standard InChI is InChI=1S/C21H36N4O2S/c1-3-22-20(24-14-8-13-23-19(26)18-9-7-16-28-18)25-17-21(10-5-6-11-21)12-15-27-4-2/h7,9,16H,3-6,8,10-15,17H2,1-2H3,(H,23,26)(H2,22,24,25). The summed E-state index contributed by atoms with van der Waals surface area (Å²) in [5, 5.41) is 11.6. The average molecular weight is 409 g/mol. The predicted molar refractivity (Wildman–Crippen MR) is 117 cm³/mol. The fourth-order valence-corrected chi connectivity index (χ4v) is 4.27. The summed E-state index contributed by atoms with van der Waals surface area (Å²) in [6.07, 6.45) is 7.05. The van der Waals surface area contributed by atoms with Crippen molar-refractivity contribution in [3.05, 3.63) is 22.4 Å². The summed E-state index contributed by atoms with van der Waals surface area (Å²) in [4.78, 5) is 17.6. The van der Waals surface area contributed by atoms with Gasteiger partial charge in [-0.05, 0) is 56.4 Å². The first kappa shape index (κ1) is 22.7. The molecule has 28 heavy (non-hydrogen) atoms. The van der Waals surface area contributed by atoms with E-state index in [1.807, 2.05) is 17.5 Å². The van der Waals surface area contributed by atoms with E-state index in [2.05, 4.69) is 29.8 Å². The summed E-state index contributed by atoms with van der Waals surface area (Å²) in [6, 6.07) is 3.74. The number of aliphatic imine (C=N–C) groups is 1. The van der Waals surface area contributed by atoms with Crippen LogP contribution < -0.4 is 16.0 Å². The number of rotatable bonds is 12. The molecular weight excluding hydrogens is 372 g/mol. The van der Waals surface area contributed by atoms with E-state index in [4.69, 9.17) is 9.73 Å². The molecule has 0 aliphatic heterocycles. The van der Waals surface area contributed by atoms with Gasteiger partial charge in [0.05, 0.1) is 4.88 Å². The zero-order valence-electron chi connectivity index (χ0n) is 17.4. The Bertz CT molecular complexity index is 583. The third kappa shape index (κ3) is 7.80. The van der Waals surface area contributed by atoms with Crippen LogP contribution in [0, 0.1) is 5.41 Å². The van der Waals surface area contributed by atoms with Crippen LogP contribution in [0.25, 0.3) is 0 Å². The Hall–Kier alpha value is -1.60. The Labute approximate surface area is 173 Å². The highest BCUT2D eigenvalue weighted by Crippen LogP contribution is 2.41. The van der Waals surface area contributed by atoms with Gasteiger partial charge < -0.3 is 20.7 Å². The van der Waals surface area contributed by atoms with E-state index in [1.54, 1.807) is 0 Å². The normalized spacial score (nSPS) is 16.1. The largest absolute Gasteiger partial charge is 0.382 e. The first-order valence-corrected chi connectivity index (χ1v) is 11.5. The van der Waals surface area contributed by atoms with Crippen molar-refractivity contribution in [1.29, 1.82) is 0 Å². The van der Waals surface area contributed by atoms with E-state index in [1.165, 1.54) is 37.0 Å². The van der Waals surface area contributed by atoms with Gasteiger partial charge in [0.25, 0.3) is 5.91 Å². The molecule has 1 saturated carbocycles. The highest BCUT2D eigenvalue weighted by molar-refractivity contribution is 7.12. The predicted octanol–water partition coefficient (Wildman–Crippen LogP) is 3.41. The van der Waals surface area contributed by atoms with Gasteiger partial charge in [0.2, 0.25) is 0 Å². The molecule has 0 spiro atoms. The molecule has 7 heteroatoms. The molecule has 0 bridgehead atoms. The Morgan fingerprint density at radius 3 is 2.68 bits per heavy atom. The van der Waals surface area contributed by atoms with Crippen LogP contribution in [0.2, 0.25) is 0 Å². The molecule has 6 nitrogen and oxygen atoms in total. The van der Waals surface area contributed by atoms with Crippen molar-refractivity contribution in [2.75, 3.05) is 39.4 Å². The van der Waals surface area contributed by atoms with Crippen molar-refractivity contribution in [1.82, 2.24) is 16.0 Å². The average Bonchev–Trinajstić information content (AvgIpc) is 3.38. The first-order valence-electron chi connectivity index (χ1n) is 10.6. The smallest absolute Gasteiger partial charge is 0.261 e. The summed E-state index contributed by atoms with van der Waals surface area (Å²) in [7, 11) is 0. The molecule has 1 heterocycles. The summed E-state index contributed by atoms with van der Waals surface area (Å²) in [5.74, 6) is 0.878. The highest BCUT2D eigenvalue weighted by atomic mass is 32.1. The van der Waals surface area contributed by atoms with Gasteiger partial charge in [0, 0.05) is 39.4 Å². The zero-order chi connectivity index (χ0) is 20.1. The summed E-state index contributed by atoms with van der Waals surface area (Å²) >= 11 is 1.47. The van der Waals surface area contributed by atoms with E-state index in [0.717, 1.165) is 56.5 Å². The molecule has 0 saturated heterocycles. The molecule has 1 aromatic rings. The quantitative estimate of drug-likeness (QED) is 0.281. The minimum atomic E-state index is 0.00745. The van der Waals surface area contributed by atoms with Crippen molar-refractivity contribution >= 4 is 23.2 Å². The number of thiophene rings is 1. The van der Waals surface area contributed by atoms with E-state index in [0.29, 0.717) is 12.0 Å². The maximum atomic E-state index is 11.9. The Morgan fingerprint density at radius 1 is 1.21 bits per heavy atom. The third-order valence-corrected chi connectivity index (χ3v) is 6.11. The van der Waals surface area contributed by atoms with Crippen LogP contribution in [-0.2, 0) is 4.74 Å². The maximum Gasteiger partial charge on any atom is 0.261 e. The maximum absolute atomic E-state index is 11.9. The number of guanidine groups is 1. The monoisotopic (exact) mass is 408 g/mol. The Morgan fingerprint density at radius 2 is 2.00 bits per heavy atom. The van der Waals surface area contributed by atoms with Gasteiger partial charge in [-0.3, -0.25) is 9.79 Å². The topological polar surface area (TPSA) is 74.8 Å². The fraction of sp³-hybridized carbons (Fsp3) is 0.714. The SMILES string of the molecule is CCNC(=NCC1(CCOCC)CCCC1)NCCCNC(=O)c1cccs1. The number of carbonyl (C=O) groups excluding carboxylic acids is 1. The molecule has 1 aliphatic rings. The number of nitrogens with one attached hydrogen (secondary N) is 3. The molecule has 3 N–H and O–H groups in total. The molecule has 1 amide bonds. The van der Waals surface area contributed by atoms with Crippen molar-refractivity contribution in [3.63, 3.8) is 0 Å². The van der Waals surface area contributed by atoms with Gasteiger partial charge in [-0.25, -0.2) is 0 Å². The minimum absolute atomic E-state index is 0.00745. The molecule has 0 atom stereocenters. The molecule has 2 rings (SSSR count). The number of hydrogen-bond acceptors (Lipinski definition) is 4. The molecule has 0 unspecified atom stereocenters. The summed E-state index contributed by atoms with van der Waals surface area (Å²) < 4.78 is 5.60. The van der Waals surface area contributed by atoms with Gasteiger partial charge in [0.1, 0.15) is 0 Å². The van der Waals surface area contributed by atoms with Crippen LogP contribution in [0.5, 0.6) is 0 Å². The van der Waals surface area contributed by atoms with E-state index < -0.39 is 0 Å². The minimum Gasteiger partial charge on any atom is -0.382 e. The fourth-order valence-electron chi connectivity index (χ4n) is 3.63. The summed E-state index contributed by atoms with van der Waals surface area (Å²) in [6.45, 7) is 8.88. The van der Waals surface area contributed by atoms with Crippen molar-refractivity contribution in [3.8, 4) is 0 Å². The second-order valence-corrected chi connectivity index (χ2v) is 8.31. The second-order valence-electron chi connectivity index (χ2n) is 7.36. The van der Waals surface area contributed by atoms with E-state index in [-0.39, 0.29) is 5.91 Å². The van der Waals surface area contributed by atoms with E-state index in [9.17, 15) is 4.79 Å².